The summed E-state index contributed by atoms with van der Waals surface area (Å²) < 4.78 is 10.5. The van der Waals surface area contributed by atoms with Crippen molar-refractivity contribution in [2.45, 2.75) is 13.5 Å². The first-order valence-electron chi connectivity index (χ1n) is 7.55. The summed E-state index contributed by atoms with van der Waals surface area (Å²) in [7, 11) is 0. The molecule has 0 fully saturated rings. The number of hydrogen-bond donors (Lipinski definition) is 1. The fourth-order valence-electron chi connectivity index (χ4n) is 2.14. The van der Waals surface area contributed by atoms with Crippen LogP contribution in [0.25, 0.3) is 11.4 Å². The van der Waals surface area contributed by atoms with Crippen LogP contribution in [0.1, 0.15) is 11.5 Å². The second-order valence-electron chi connectivity index (χ2n) is 5.22. The third-order valence-corrected chi connectivity index (χ3v) is 3.32. The average molecular weight is 323 g/mol. The Hall–Kier alpha value is -3.15. The molecule has 0 spiro atoms. The second-order valence-corrected chi connectivity index (χ2v) is 5.22. The first-order valence-corrected chi connectivity index (χ1v) is 7.55. The van der Waals surface area contributed by atoms with E-state index in [2.05, 4.69) is 15.5 Å². The highest BCUT2D eigenvalue weighted by Crippen LogP contribution is 2.21. The van der Waals surface area contributed by atoms with Crippen LogP contribution < -0.4 is 10.1 Å². The Kier molecular flexibility index (Phi) is 4.86. The Morgan fingerprint density at radius 2 is 2.00 bits per heavy atom. The van der Waals surface area contributed by atoms with Gasteiger partial charge in [0.2, 0.25) is 11.7 Å². The Labute approximate surface area is 139 Å². The molecule has 0 aliphatic heterocycles. The van der Waals surface area contributed by atoms with Crippen molar-refractivity contribution in [2.75, 3.05) is 6.61 Å². The second kappa shape index (κ2) is 7.41. The van der Waals surface area contributed by atoms with Gasteiger partial charge in [-0.3, -0.25) is 4.79 Å². The molecule has 0 bridgehead atoms. The number of nitrogens with one attached hydrogen (secondary N) is 1. The number of hydrogen-bond acceptors (Lipinski definition) is 5. The van der Waals surface area contributed by atoms with E-state index in [1.807, 2.05) is 42.5 Å². The third-order valence-electron chi connectivity index (χ3n) is 3.32. The van der Waals surface area contributed by atoms with Gasteiger partial charge in [0, 0.05) is 19.0 Å². The molecule has 3 rings (SSSR count). The van der Waals surface area contributed by atoms with Crippen molar-refractivity contribution in [1.29, 1.82) is 0 Å². The molecule has 1 N–H and O–H groups in total. The summed E-state index contributed by atoms with van der Waals surface area (Å²) in [6.45, 7) is 2.15. The summed E-state index contributed by atoms with van der Waals surface area (Å²) >= 11 is 0. The Morgan fingerprint density at radius 3 is 2.75 bits per heavy atom. The predicted octanol–water partition coefficient (Wildman–Crippen LogP) is 2.74. The van der Waals surface area contributed by atoms with Crippen molar-refractivity contribution in [3.05, 3.63) is 66.1 Å². The largest absolute Gasteiger partial charge is 0.484 e. The van der Waals surface area contributed by atoms with Crippen molar-refractivity contribution in [3.8, 4) is 17.1 Å². The Morgan fingerprint density at radius 1 is 1.17 bits per heavy atom. The number of aromatic nitrogens is 2. The lowest BCUT2D eigenvalue weighted by atomic mass is 10.2. The molecule has 0 saturated heterocycles. The summed E-state index contributed by atoms with van der Waals surface area (Å²) in [5.74, 6) is 1.38. The highest BCUT2D eigenvalue weighted by atomic mass is 16.5. The molecule has 122 valence electrons. The summed E-state index contributed by atoms with van der Waals surface area (Å²) in [5, 5.41) is 6.68. The molecule has 0 atom stereocenters. The van der Waals surface area contributed by atoms with Crippen LogP contribution in [0.4, 0.5) is 0 Å². The fraction of sp³-hybridized carbons (Fsp3) is 0.167. The van der Waals surface area contributed by atoms with Gasteiger partial charge in [-0.2, -0.15) is 4.98 Å². The van der Waals surface area contributed by atoms with Crippen LogP contribution in [-0.4, -0.2) is 22.7 Å². The highest BCUT2D eigenvalue weighted by Gasteiger charge is 2.08. The van der Waals surface area contributed by atoms with Gasteiger partial charge in [-0.25, -0.2) is 0 Å². The zero-order valence-electron chi connectivity index (χ0n) is 13.2. The van der Waals surface area contributed by atoms with Gasteiger partial charge in [0.1, 0.15) is 5.75 Å². The molecule has 0 radical (unpaired) electrons. The number of benzene rings is 2. The first kappa shape index (κ1) is 15.7. The molecule has 0 unspecified atom stereocenters. The molecule has 2 aromatic carbocycles. The van der Waals surface area contributed by atoms with Gasteiger partial charge in [0.15, 0.2) is 6.61 Å². The lowest BCUT2D eigenvalue weighted by molar-refractivity contribution is -0.123. The van der Waals surface area contributed by atoms with Gasteiger partial charge >= 0.3 is 0 Å². The third kappa shape index (κ3) is 4.19. The van der Waals surface area contributed by atoms with Crippen LogP contribution in [0, 0.1) is 6.92 Å². The number of carbonyl (C=O) groups is 1. The Bertz CT molecular complexity index is 815. The summed E-state index contributed by atoms with van der Waals surface area (Å²) in [6, 6.07) is 16.9. The molecule has 3 aromatic rings. The molecule has 1 amide bonds. The van der Waals surface area contributed by atoms with Crippen molar-refractivity contribution in [2.24, 2.45) is 0 Å². The maximum absolute atomic E-state index is 11.9. The van der Waals surface area contributed by atoms with Crippen LogP contribution in [0.15, 0.2) is 59.1 Å². The average Bonchev–Trinajstić information content (AvgIpc) is 3.06. The highest BCUT2D eigenvalue weighted by molar-refractivity contribution is 5.77. The van der Waals surface area contributed by atoms with Crippen LogP contribution in [0.2, 0.25) is 0 Å². The summed E-state index contributed by atoms with van der Waals surface area (Å²) in [6.07, 6.45) is 0. The van der Waals surface area contributed by atoms with E-state index in [1.54, 1.807) is 19.1 Å². The lowest BCUT2D eigenvalue weighted by Gasteiger charge is -2.08. The van der Waals surface area contributed by atoms with Crippen LogP contribution >= 0.6 is 0 Å². The fourth-order valence-corrected chi connectivity index (χ4v) is 2.14. The van der Waals surface area contributed by atoms with E-state index in [4.69, 9.17) is 9.26 Å². The van der Waals surface area contributed by atoms with Gasteiger partial charge in [-0.05, 0) is 17.7 Å². The van der Waals surface area contributed by atoms with Gasteiger partial charge in [-0.15, -0.1) is 0 Å². The standard InChI is InChI=1S/C18H17N3O3/c1-13-20-18(21-24-13)15-8-5-9-16(10-15)23-12-17(22)19-11-14-6-3-2-4-7-14/h2-10H,11-12H2,1H3,(H,19,22). The molecule has 1 heterocycles. The number of nitrogens with zero attached hydrogens (tertiary/aromatic N) is 2. The zero-order valence-corrected chi connectivity index (χ0v) is 13.2. The number of amides is 1. The van der Waals surface area contributed by atoms with E-state index in [9.17, 15) is 4.79 Å². The molecule has 0 saturated carbocycles. The van der Waals surface area contributed by atoms with Gasteiger partial charge in [-0.1, -0.05) is 47.6 Å². The van der Waals surface area contributed by atoms with Crippen molar-refractivity contribution in [3.63, 3.8) is 0 Å². The monoisotopic (exact) mass is 323 g/mol. The minimum atomic E-state index is -0.181. The van der Waals surface area contributed by atoms with E-state index in [-0.39, 0.29) is 12.5 Å². The molecule has 0 aliphatic rings. The van der Waals surface area contributed by atoms with E-state index in [0.29, 0.717) is 24.0 Å². The molecule has 6 nitrogen and oxygen atoms in total. The molecule has 0 aliphatic carbocycles. The Balaban J connectivity index is 1.54. The quantitative estimate of drug-likeness (QED) is 0.755. The zero-order chi connectivity index (χ0) is 16.8. The van der Waals surface area contributed by atoms with E-state index >= 15 is 0 Å². The maximum atomic E-state index is 11.9. The topological polar surface area (TPSA) is 77.2 Å². The van der Waals surface area contributed by atoms with E-state index < -0.39 is 0 Å². The van der Waals surface area contributed by atoms with Gasteiger partial charge in [0.25, 0.3) is 5.91 Å². The summed E-state index contributed by atoms with van der Waals surface area (Å²) in [4.78, 5) is 16.0. The minimum Gasteiger partial charge on any atom is -0.484 e. The molecular weight excluding hydrogens is 306 g/mol. The number of rotatable bonds is 6. The van der Waals surface area contributed by atoms with E-state index in [0.717, 1.165) is 11.1 Å². The number of aryl methyl sites for hydroxylation is 1. The predicted molar refractivity (Wildman–Crippen MR) is 88.3 cm³/mol. The number of ether oxygens (including phenoxy) is 1. The maximum Gasteiger partial charge on any atom is 0.258 e. The van der Waals surface area contributed by atoms with Crippen molar-refractivity contribution < 1.29 is 14.1 Å². The minimum absolute atomic E-state index is 0.0540. The molecular formula is C18H17N3O3. The van der Waals surface area contributed by atoms with Crippen molar-refractivity contribution >= 4 is 5.91 Å². The number of carbonyl (C=O) groups excluding carboxylic acids is 1. The molecule has 6 heteroatoms. The van der Waals surface area contributed by atoms with Gasteiger partial charge < -0.3 is 14.6 Å². The van der Waals surface area contributed by atoms with Crippen molar-refractivity contribution in [1.82, 2.24) is 15.5 Å². The SMILES string of the molecule is Cc1nc(-c2cccc(OCC(=O)NCc3ccccc3)c2)no1. The molecule has 1 aromatic heterocycles. The lowest BCUT2D eigenvalue weighted by Crippen LogP contribution is -2.28. The van der Waals surface area contributed by atoms with Crippen LogP contribution in [0.5, 0.6) is 5.75 Å². The summed E-state index contributed by atoms with van der Waals surface area (Å²) in [5.41, 5.74) is 1.81. The van der Waals surface area contributed by atoms with Crippen LogP contribution in [0.3, 0.4) is 0 Å². The normalized spacial score (nSPS) is 10.4. The molecule has 24 heavy (non-hydrogen) atoms. The van der Waals surface area contributed by atoms with E-state index in [1.165, 1.54) is 0 Å². The first-order chi connectivity index (χ1) is 11.7. The van der Waals surface area contributed by atoms with Crippen LogP contribution in [-0.2, 0) is 11.3 Å². The van der Waals surface area contributed by atoms with Gasteiger partial charge in [0.05, 0.1) is 0 Å². The smallest absolute Gasteiger partial charge is 0.258 e.